The van der Waals surface area contributed by atoms with E-state index in [0.717, 1.165) is 16.3 Å². The lowest BCUT2D eigenvalue weighted by molar-refractivity contribution is 0.252. The number of thioether (sulfide) groups is 1. The van der Waals surface area contributed by atoms with Crippen LogP contribution in [-0.2, 0) is 12.4 Å². The first kappa shape index (κ1) is 17.5. The van der Waals surface area contributed by atoms with Crippen LogP contribution in [0.3, 0.4) is 0 Å². The van der Waals surface area contributed by atoms with E-state index in [1.54, 1.807) is 46.9 Å². The summed E-state index contributed by atoms with van der Waals surface area (Å²) in [6, 6.07) is 9.20. The number of hydrogen-bond donors (Lipinski definition) is 0. The SMILES string of the molecule is Clc1ccc(OCc2nnc(SCc3csc(-c4ccsc4)n3)o2)cc1. The van der Waals surface area contributed by atoms with E-state index in [0.29, 0.717) is 27.6 Å². The quantitative estimate of drug-likeness (QED) is 0.352. The first-order valence-electron chi connectivity index (χ1n) is 7.57. The van der Waals surface area contributed by atoms with Crippen molar-refractivity contribution in [2.45, 2.75) is 17.6 Å². The van der Waals surface area contributed by atoms with Gasteiger partial charge in [-0.25, -0.2) is 4.98 Å². The number of thiophene rings is 1. The molecular weight excluding hydrogens is 410 g/mol. The number of ether oxygens (including phenoxy) is 1. The number of benzene rings is 1. The largest absolute Gasteiger partial charge is 0.484 e. The Morgan fingerprint density at radius 2 is 2.00 bits per heavy atom. The molecule has 0 fully saturated rings. The standard InChI is InChI=1S/C17H12ClN3O2S3/c18-12-1-3-14(4-2-12)22-7-15-20-21-17(23-15)26-10-13-9-25-16(19-13)11-5-6-24-8-11/h1-6,8-9H,7,10H2. The summed E-state index contributed by atoms with van der Waals surface area (Å²) in [6.07, 6.45) is 0. The molecule has 9 heteroatoms. The van der Waals surface area contributed by atoms with Crippen molar-refractivity contribution in [2.75, 3.05) is 0 Å². The molecule has 0 N–H and O–H groups in total. The molecule has 0 bridgehead atoms. The van der Waals surface area contributed by atoms with Gasteiger partial charge in [0.15, 0.2) is 6.61 Å². The Hall–Kier alpha value is -1.87. The molecule has 0 spiro atoms. The Morgan fingerprint density at radius 1 is 1.12 bits per heavy atom. The zero-order chi connectivity index (χ0) is 17.8. The fraction of sp³-hybridized carbons (Fsp3) is 0.118. The van der Waals surface area contributed by atoms with Gasteiger partial charge < -0.3 is 9.15 Å². The lowest BCUT2D eigenvalue weighted by Gasteiger charge is -2.02. The average Bonchev–Trinajstić information content (AvgIpc) is 3.40. The van der Waals surface area contributed by atoms with E-state index < -0.39 is 0 Å². The zero-order valence-corrected chi connectivity index (χ0v) is 16.5. The second kappa shape index (κ2) is 8.22. The molecule has 0 aliphatic carbocycles. The molecule has 3 heterocycles. The van der Waals surface area contributed by atoms with Crippen LogP contribution in [0, 0.1) is 0 Å². The first-order valence-corrected chi connectivity index (χ1v) is 10.8. The maximum absolute atomic E-state index is 5.84. The molecule has 0 aliphatic rings. The van der Waals surface area contributed by atoms with Crippen LogP contribution in [0.2, 0.25) is 5.02 Å². The minimum atomic E-state index is 0.216. The molecule has 0 aliphatic heterocycles. The first-order chi connectivity index (χ1) is 12.8. The third kappa shape index (κ3) is 4.45. The van der Waals surface area contributed by atoms with E-state index in [1.165, 1.54) is 11.8 Å². The van der Waals surface area contributed by atoms with Gasteiger partial charge in [-0.15, -0.1) is 21.5 Å². The van der Waals surface area contributed by atoms with Gasteiger partial charge in [-0.3, -0.25) is 0 Å². The van der Waals surface area contributed by atoms with Gasteiger partial charge in [0.1, 0.15) is 10.8 Å². The van der Waals surface area contributed by atoms with Crippen LogP contribution in [0.25, 0.3) is 10.6 Å². The van der Waals surface area contributed by atoms with Crippen LogP contribution in [0.4, 0.5) is 0 Å². The molecule has 132 valence electrons. The predicted molar refractivity (Wildman–Crippen MR) is 105 cm³/mol. The molecule has 26 heavy (non-hydrogen) atoms. The van der Waals surface area contributed by atoms with E-state index in [9.17, 15) is 0 Å². The number of halogens is 1. The van der Waals surface area contributed by atoms with Crippen molar-refractivity contribution in [1.29, 1.82) is 0 Å². The lowest BCUT2D eigenvalue weighted by atomic mass is 10.3. The maximum Gasteiger partial charge on any atom is 0.277 e. The lowest BCUT2D eigenvalue weighted by Crippen LogP contribution is -1.95. The van der Waals surface area contributed by atoms with Crippen LogP contribution in [-0.4, -0.2) is 15.2 Å². The molecule has 1 aromatic carbocycles. The van der Waals surface area contributed by atoms with Gasteiger partial charge in [0.05, 0.1) is 5.69 Å². The number of rotatable bonds is 7. The smallest absolute Gasteiger partial charge is 0.277 e. The van der Waals surface area contributed by atoms with Crippen molar-refractivity contribution in [1.82, 2.24) is 15.2 Å². The average molecular weight is 422 g/mol. The minimum absolute atomic E-state index is 0.216. The third-order valence-corrected chi connectivity index (χ3v) is 6.02. The highest BCUT2D eigenvalue weighted by atomic mass is 35.5. The van der Waals surface area contributed by atoms with Crippen molar-refractivity contribution in [3.63, 3.8) is 0 Å². The van der Waals surface area contributed by atoms with Crippen molar-refractivity contribution in [3.8, 4) is 16.3 Å². The van der Waals surface area contributed by atoms with Crippen LogP contribution in [0.5, 0.6) is 5.75 Å². The van der Waals surface area contributed by atoms with Crippen molar-refractivity contribution >= 4 is 46.0 Å². The van der Waals surface area contributed by atoms with Crippen LogP contribution >= 0.6 is 46.0 Å². The van der Waals surface area contributed by atoms with Gasteiger partial charge >= 0.3 is 0 Å². The van der Waals surface area contributed by atoms with E-state index in [4.69, 9.17) is 20.8 Å². The number of hydrogen-bond acceptors (Lipinski definition) is 8. The minimum Gasteiger partial charge on any atom is -0.484 e. The van der Waals surface area contributed by atoms with E-state index in [1.807, 2.05) is 0 Å². The molecule has 5 nitrogen and oxygen atoms in total. The molecule has 0 unspecified atom stereocenters. The van der Waals surface area contributed by atoms with Gasteiger partial charge in [0.25, 0.3) is 11.1 Å². The normalized spacial score (nSPS) is 11.0. The summed E-state index contributed by atoms with van der Waals surface area (Å²) in [4.78, 5) is 4.64. The summed E-state index contributed by atoms with van der Waals surface area (Å²) >= 11 is 10.6. The Labute approximate surface area is 167 Å². The Kier molecular flexibility index (Phi) is 5.54. The summed E-state index contributed by atoms with van der Waals surface area (Å²) in [5, 5.41) is 16.4. The highest BCUT2D eigenvalue weighted by Crippen LogP contribution is 2.28. The maximum atomic E-state index is 5.84. The van der Waals surface area contributed by atoms with Gasteiger partial charge in [-0.2, -0.15) is 11.3 Å². The molecule has 0 saturated heterocycles. The molecule has 4 rings (SSSR count). The number of nitrogens with zero attached hydrogens (tertiary/aromatic N) is 3. The molecule has 4 aromatic rings. The topological polar surface area (TPSA) is 61.0 Å². The molecule has 0 atom stereocenters. The highest BCUT2D eigenvalue weighted by Gasteiger charge is 2.10. The van der Waals surface area contributed by atoms with Gasteiger partial charge in [-0.1, -0.05) is 23.4 Å². The fourth-order valence-corrected chi connectivity index (χ4v) is 4.49. The molecule has 3 aromatic heterocycles. The monoisotopic (exact) mass is 421 g/mol. The van der Waals surface area contributed by atoms with Gasteiger partial charge in [0.2, 0.25) is 0 Å². The summed E-state index contributed by atoms with van der Waals surface area (Å²) in [6.45, 7) is 0.216. The third-order valence-electron chi connectivity index (χ3n) is 3.29. The van der Waals surface area contributed by atoms with E-state index in [-0.39, 0.29) is 6.61 Å². The molecule has 0 radical (unpaired) electrons. The van der Waals surface area contributed by atoms with Gasteiger partial charge in [0, 0.05) is 27.1 Å². The second-order valence-corrected chi connectivity index (χ2v) is 8.15. The second-order valence-electron chi connectivity index (χ2n) is 5.15. The highest BCUT2D eigenvalue weighted by molar-refractivity contribution is 7.98. The summed E-state index contributed by atoms with van der Waals surface area (Å²) in [5.41, 5.74) is 2.16. The summed E-state index contributed by atoms with van der Waals surface area (Å²) < 4.78 is 11.2. The van der Waals surface area contributed by atoms with E-state index in [2.05, 4.69) is 37.4 Å². The van der Waals surface area contributed by atoms with Crippen LogP contribution in [0.15, 0.2) is 56.1 Å². The van der Waals surface area contributed by atoms with Crippen molar-refractivity contribution in [3.05, 3.63) is 63.1 Å². The van der Waals surface area contributed by atoms with Crippen LogP contribution in [0.1, 0.15) is 11.6 Å². The Morgan fingerprint density at radius 3 is 2.81 bits per heavy atom. The fourth-order valence-electron chi connectivity index (χ4n) is 2.06. The van der Waals surface area contributed by atoms with Crippen molar-refractivity contribution in [2.24, 2.45) is 0 Å². The Balaban J connectivity index is 1.30. The van der Waals surface area contributed by atoms with Gasteiger partial charge in [-0.05, 0) is 35.7 Å². The van der Waals surface area contributed by atoms with Crippen LogP contribution < -0.4 is 4.74 Å². The summed E-state index contributed by atoms with van der Waals surface area (Å²) in [7, 11) is 0. The molecular formula is C17H12ClN3O2S3. The van der Waals surface area contributed by atoms with Crippen molar-refractivity contribution < 1.29 is 9.15 Å². The van der Waals surface area contributed by atoms with E-state index >= 15 is 0 Å². The zero-order valence-electron chi connectivity index (χ0n) is 13.3. The molecule has 0 saturated carbocycles. The predicted octanol–water partition coefficient (Wildman–Crippen LogP) is 5.78. The number of thiazole rings is 1. The molecule has 0 amide bonds. The summed E-state index contributed by atoms with van der Waals surface area (Å²) in [5.74, 6) is 1.81. The Bertz CT molecular complexity index is 967. The number of aromatic nitrogens is 3.